The predicted molar refractivity (Wildman–Crippen MR) is 72.9 cm³/mol. The van der Waals surface area contributed by atoms with Gasteiger partial charge in [0.1, 0.15) is 12.3 Å². The van der Waals surface area contributed by atoms with Gasteiger partial charge in [0.2, 0.25) is 0 Å². The van der Waals surface area contributed by atoms with Crippen LogP contribution >= 0.6 is 0 Å². The minimum atomic E-state index is -1.26. The second kappa shape index (κ2) is 6.33. The monoisotopic (exact) mass is 308 g/mol. The number of aliphatic hydroxyl groups excluding tert-OH is 1. The van der Waals surface area contributed by atoms with E-state index in [1.165, 1.54) is 13.1 Å². The average Bonchev–Trinajstić information content (AvgIpc) is 2.78. The molecule has 1 aliphatic heterocycles. The predicted octanol–water partition coefficient (Wildman–Crippen LogP) is 0.0925. The van der Waals surface area contributed by atoms with Crippen LogP contribution in [0.5, 0.6) is 0 Å². The lowest BCUT2D eigenvalue weighted by Gasteiger charge is -2.17. The second-order valence-corrected chi connectivity index (χ2v) is 4.64. The molecule has 1 saturated heterocycles. The zero-order chi connectivity index (χ0) is 16.3. The van der Waals surface area contributed by atoms with Gasteiger partial charge in [-0.05, 0) is 18.0 Å². The molecule has 0 unspecified atom stereocenters. The molecule has 1 aliphatic rings. The summed E-state index contributed by atoms with van der Waals surface area (Å²) >= 11 is 0. The third kappa shape index (κ3) is 2.80. The first-order valence-corrected chi connectivity index (χ1v) is 6.20. The minimum absolute atomic E-state index is 0.192. The Morgan fingerprint density at radius 3 is 2.82 bits per heavy atom. The number of aromatic nitrogens is 2. The number of azide groups is 2. The van der Waals surface area contributed by atoms with E-state index in [-0.39, 0.29) is 12.1 Å². The van der Waals surface area contributed by atoms with Gasteiger partial charge in [0.15, 0.2) is 0 Å². The molecule has 12 nitrogen and oxygen atoms in total. The number of aromatic amines is 1. The van der Waals surface area contributed by atoms with Gasteiger partial charge in [0.05, 0.1) is 18.8 Å². The van der Waals surface area contributed by atoms with Crippen molar-refractivity contribution < 1.29 is 9.84 Å². The number of nitrogens with one attached hydrogen (secondary N) is 1. The van der Waals surface area contributed by atoms with Crippen molar-refractivity contribution in [2.75, 3.05) is 6.54 Å². The third-order valence-corrected chi connectivity index (χ3v) is 3.27. The fourth-order valence-corrected chi connectivity index (χ4v) is 2.19. The molecule has 4 atom stereocenters. The van der Waals surface area contributed by atoms with Gasteiger partial charge < -0.3 is 9.84 Å². The highest BCUT2D eigenvalue weighted by Gasteiger charge is 2.44. The van der Waals surface area contributed by atoms with Crippen molar-refractivity contribution in [3.8, 4) is 0 Å². The van der Waals surface area contributed by atoms with Crippen LogP contribution in [-0.2, 0) is 4.74 Å². The van der Waals surface area contributed by atoms with Gasteiger partial charge in [-0.2, -0.15) is 0 Å². The highest BCUT2D eigenvalue weighted by Crippen LogP contribution is 2.31. The molecule has 0 amide bonds. The number of ether oxygens (including phenoxy) is 1. The Morgan fingerprint density at radius 2 is 2.18 bits per heavy atom. The van der Waals surface area contributed by atoms with Gasteiger partial charge >= 0.3 is 5.69 Å². The van der Waals surface area contributed by atoms with Crippen molar-refractivity contribution in [1.29, 1.82) is 0 Å². The Hall–Kier alpha value is -2.78. The average molecular weight is 308 g/mol. The van der Waals surface area contributed by atoms with Gasteiger partial charge in [0.25, 0.3) is 5.56 Å². The summed E-state index contributed by atoms with van der Waals surface area (Å²) in [7, 11) is 0. The Kier molecular flexibility index (Phi) is 4.49. The highest BCUT2D eigenvalue weighted by molar-refractivity contribution is 5.04. The van der Waals surface area contributed by atoms with Crippen molar-refractivity contribution in [1.82, 2.24) is 9.55 Å². The van der Waals surface area contributed by atoms with Crippen LogP contribution in [0.3, 0.4) is 0 Å². The summed E-state index contributed by atoms with van der Waals surface area (Å²) in [5.74, 6) is 0. The number of H-pyrrole nitrogens is 1. The molecule has 2 N–H and O–H groups in total. The smallest absolute Gasteiger partial charge is 0.330 e. The molecule has 0 bridgehead atoms. The lowest BCUT2D eigenvalue weighted by atomic mass is 10.1. The van der Waals surface area contributed by atoms with Crippen LogP contribution in [0.15, 0.2) is 26.0 Å². The number of aliphatic hydroxyl groups is 1. The van der Waals surface area contributed by atoms with E-state index in [9.17, 15) is 14.7 Å². The minimum Gasteiger partial charge on any atom is -0.390 e. The molecular formula is C10H12N8O4. The molecule has 0 saturated carbocycles. The summed E-state index contributed by atoms with van der Waals surface area (Å²) in [5, 5.41) is 16.8. The van der Waals surface area contributed by atoms with Crippen LogP contribution in [0.25, 0.3) is 20.9 Å². The van der Waals surface area contributed by atoms with Crippen molar-refractivity contribution in [2.24, 2.45) is 10.2 Å². The molecule has 0 aliphatic carbocycles. The summed E-state index contributed by atoms with van der Waals surface area (Å²) in [5.41, 5.74) is 15.9. The zero-order valence-corrected chi connectivity index (χ0v) is 11.4. The van der Waals surface area contributed by atoms with E-state index in [1.807, 2.05) is 0 Å². The van der Waals surface area contributed by atoms with Crippen LogP contribution in [0.1, 0.15) is 11.8 Å². The molecule has 0 radical (unpaired) electrons. The van der Waals surface area contributed by atoms with Gasteiger partial charge in [-0.1, -0.05) is 10.2 Å². The standard InChI is InChI=1S/C10H12N8O4/c1-4-3-18(10(21)14-8(4)20)9-6(15-17-12)7(19)5(22-9)2-13-16-11/h3,5-7,9,19H,2H2,1H3,(H,14,20,21)/t5-,6-,7-,9-/m1/s1. The van der Waals surface area contributed by atoms with Crippen LogP contribution in [0.4, 0.5) is 0 Å². The summed E-state index contributed by atoms with van der Waals surface area (Å²) < 4.78 is 6.49. The van der Waals surface area contributed by atoms with E-state index < -0.39 is 35.7 Å². The SMILES string of the molecule is Cc1cn([C@@H]2O[C@H](CN=[N+]=[N-])[C@@H](O)[C@H]2N=[N+]=[N-])c(=O)[nH]c1=O. The summed E-state index contributed by atoms with van der Waals surface area (Å²) in [6.45, 7) is 1.29. The van der Waals surface area contributed by atoms with E-state index in [1.54, 1.807) is 0 Å². The highest BCUT2D eigenvalue weighted by atomic mass is 16.5. The maximum Gasteiger partial charge on any atom is 0.330 e. The van der Waals surface area contributed by atoms with E-state index in [2.05, 4.69) is 25.0 Å². The number of hydrogen-bond acceptors (Lipinski definition) is 6. The van der Waals surface area contributed by atoms with Crippen LogP contribution in [-0.4, -0.2) is 39.5 Å². The first kappa shape index (κ1) is 15.6. The quantitative estimate of drug-likeness (QED) is 0.454. The maximum atomic E-state index is 11.9. The molecule has 1 aromatic heterocycles. The van der Waals surface area contributed by atoms with E-state index in [0.717, 1.165) is 4.57 Å². The normalized spacial score (nSPS) is 27.0. The topological polar surface area (TPSA) is 182 Å². The van der Waals surface area contributed by atoms with Gasteiger partial charge in [-0.3, -0.25) is 14.3 Å². The molecule has 2 heterocycles. The molecule has 22 heavy (non-hydrogen) atoms. The summed E-state index contributed by atoms with van der Waals surface area (Å²) in [4.78, 5) is 30.5. The molecule has 1 aromatic rings. The first-order valence-electron chi connectivity index (χ1n) is 6.20. The van der Waals surface area contributed by atoms with Crippen LogP contribution in [0.2, 0.25) is 0 Å². The molecule has 116 valence electrons. The number of hydrogen-bond donors (Lipinski definition) is 2. The largest absolute Gasteiger partial charge is 0.390 e. The number of rotatable bonds is 4. The van der Waals surface area contributed by atoms with Crippen molar-refractivity contribution in [2.45, 2.75) is 31.4 Å². The Labute approximate surface area is 122 Å². The third-order valence-electron chi connectivity index (χ3n) is 3.27. The van der Waals surface area contributed by atoms with E-state index in [0.29, 0.717) is 0 Å². The summed E-state index contributed by atoms with van der Waals surface area (Å²) in [6.07, 6.45) is -2.07. The fraction of sp³-hybridized carbons (Fsp3) is 0.600. The van der Waals surface area contributed by atoms with Crippen molar-refractivity contribution >= 4 is 0 Å². The van der Waals surface area contributed by atoms with E-state index >= 15 is 0 Å². The van der Waals surface area contributed by atoms with Crippen LogP contribution < -0.4 is 11.2 Å². The van der Waals surface area contributed by atoms with E-state index in [4.69, 9.17) is 15.8 Å². The lowest BCUT2D eigenvalue weighted by molar-refractivity contribution is -0.0163. The second-order valence-electron chi connectivity index (χ2n) is 4.64. The number of aryl methyl sites for hydroxylation is 1. The maximum absolute atomic E-state index is 11.9. The fourth-order valence-electron chi connectivity index (χ4n) is 2.19. The summed E-state index contributed by atoms with van der Waals surface area (Å²) in [6, 6.07) is -1.10. The molecular weight excluding hydrogens is 296 g/mol. The Balaban J connectivity index is 2.46. The lowest BCUT2D eigenvalue weighted by Crippen LogP contribution is -2.37. The van der Waals surface area contributed by atoms with Gasteiger partial charge in [-0.15, -0.1) is 0 Å². The molecule has 1 fully saturated rings. The van der Waals surface area contributed by atoms with Gasteiger partial charge in [0, 0.05) is 21.6 Å². The molecule has 2 rings (SSSR count). The molecule has 0 aromatic carbocycles. The number of nitrogens with zero attached hydrogens (tertiary/aromatic N) is 7. The zero-order valence-electron chi connectivity index (χ0n) is 11.4. The molecule has 0 spiro atoms. The first-order chi connectivity index (χ1) is 10.5. The van der Waals surface area contributed by atoms with Gasteiger partial charge in [-0.25, -0.2) is 4.79 Å². The van der Waals surface area contributed by atoms with Crippen molar-refractivity contribution in [3.63, 3.8) is 0 Å². The Bertz CT molecular complexity index is 772. The molecule has 12 heteroatoms. The van der Waals surface area contributed by atoms with Crippen LogP contribution in [0, 0.1) is 6.92 Å². The Morgan fingerprint density at radius 1 is 1.45 bits per heavy atom. The van der Waals surface area contributed by atoms with Crippen molar-refractivity contribution in [3.05, 3.63) is 53.5 Å².